The number of fused-ring (bicyclic) bond motifs is 1. The van der Waals surface area contributed by atoms with Crippen molar-refractivity contribution in [2.24, 2.45) is 0 Å². The summed E-state index contributed by atoms with van der Waals surface area (Å²) in [5, 5.41) is 18.6. The van der Waals surface area contributed by atoms with E-state index >= 15 is 0 Å². The maximum Gasteiger partial charge on any atom is 0.279 e. The van der Waals surface area contributed by atoms with Crippen LogP contribution in [-0.4, -0.2) is 26.4 Å². The van der Waals surface area contributed by atoms with Gasteiger partial charge in [-0.25, -0.2) is 0 Å². The smallest absolute Gasteiger partial charge is 0.279 e. The van der Waals surface area contributed by atoms with Crippen molar-refractivity contribution in [3.05, 3.63) is 30.1 Å². The van der Waals surface area contributed by atoms with Gasteiger partial charge in [0, 0.05) is 22.7 Å². The molecule has 2 aliphatic carbocycles. The molecule has 3 aromatic rings. The van der Waals surface area contributed by atoms with E-state index in [1.165, 1.54) is 32.1 Å². The summed E-state index contributed by atoms with van der Waals surface area (Å²) >= 11 is 0. The lowest BCUT2D eigenvalue weighted by atomic mass is 9.95. The monoisotopic (exact) mass is 335 g/mol. The van der Waals surface area contributed by atoms with Gasteiger partial charge in [-0.05, 0) is 25.7 Å². The Bertz CT molecular complexity index is 896. The van der Waals surface area contributed by atoms with E-state index in [4.69, 9.17) is 4.52 Å². The maximum atomic E-state index is 5.47. The van der Waals surface area contributed by atoms with Crippen molar-refractivity contribution in [1.29, 1.82) is 0 Å². The second-order valence-electron chi connectivity index (χ2n) is 7.15. The van der Waals surface area contributed by atoms with Crippen molar-refractivity contribution in [1.82, 2.24) is 20.3 Å². The molecule has 0 unspecified atom stereocenters. The molecule has 1 N–H and O–H groups in total. The highest BCUT2D eigenvalue weighted by molar-refractivity contribution is 5.98. The van der Waals surface area contributed by atoms with E-state index in [1.807, 2.05) is 18.2 Å². The molecule has 0 bridgehead atoms. The molecule has 0 radical (unpaired) electrons. The summed E-state index contributed by atoms with van der Waals surface area (Å²) < 4.78 is 5.47. The Hall–Kier alpha value is -2.50. The zero-order chi connectivity index (χ0) is 16.6. The van der Waals surface area contributed by atoms with Crippen LogP contribution in [0.2, 0.25) is 0 Å². The Labute approximate surface area is 146 Å². The van der Waals surface area contributed by atoms with Crippen LogP contribution in [0.25, 0.3) is 22.4 Å². The average Bonchev–Trinajstić information content (AvgIpc) is 3.40. The number of benzene rings is 1. The molecule has 6 nitrogen and oxygen atoms in total. The van der Waals surface area contributed by atoms with Crippen molar-refractivity contribution in [3.8, 4) is 11.6 Å². The minimum absolute atomic E-state index is 0.462. The fraction of sp³-hybridized carbons (Fsp3) is 0.474. The number of hydrogen-bond donors (Lipinski definition) is 1. The van der Waals surface area contributed by atoms with Gasteiger partial charge >= 0.3 is 0 Å². The van der Waals surface area contributed by atoms with Gasteiger partial charge in [0.1, 0.15) is 0 Å². The third-order valence-electron chi connectivity index (χ3n) is 5.22. The molecule has 0 amide bonds. The number of aromatic nitrogens is 4. The summed E-state index contributed by atoms with van der Waals surface area (Å²) in [4.78, 5) is 4.54. The highest BCUT2D eigenvalue weighted by Gasteiger charge is 2.29. The van der Waals surface area contributed by atoms with Gasteiger partial charge in [0.25, 0.3) is 5.89 Å². The standard InChI is InChI=1S/C19H21N5O/c1-2-6-13(7-3-1)20-18-15-9-5-4-8-14(15)16(22-23-18)19-21-17(24-25-19)12-10-11-12/h4-5,8-9,12-13H,1-3,6-7,10-11H2,(H,20,23). The molecule has 0 saturated heterocycles. The van der Waals surface area contributed by atoms with Crippen LogP contribution in [-0.2, 0) is 0 Å². The summed E-state index contributed by atoms with van der Waals surface area (Å²) in [7, 11) is 0. The van der Waals surface area contributed by atoms with Crippen LogP contribution in [0.3, 0.4) is 0 Å². The highest BCUT2D eigenvalue weighted by atomic mass is 16.5. The molecule has 6 heteroatoms. The topological polar surface area (TPSA) is 76.7 Å². The second kappa shape index (κ2) is 6.10. The second-order valence-corrected chi connectivity index (χ2v) is 7.15. The quantitative estimate of drug-likeness (QED) is 0.766. The number of nitrogens with zero attached hydrogens (tertiary/aromatic N) is 4. The third kappa shape index (κ3) is 2.86. The van der Waals surface area contributed by atoms with E-state index in [1.54, 1.807) is 0 Å². The SMILES string of the molecule is c1ccc2c(-c3nc(C4CC4)no3)nnc(NC3CCCCC3)c2c1. The van der Waals surface area contributed by atoms with Gasteiger partial charge in [0.2, 0.25) is 0 Å². The van der Waals surface area contributed by atoms with Gasteiger partial charge < -0.3 is 9.84 Å². The normalized spacial score (nSPS) is 18.6. The lowest BCUT2D eigenvalue weighted by molar-refractivity contribution is 0.421. The Kier molecular flexibility index (Phi) is 3.61. The van der Waals surface area contributed by atoms with Gasteiger partial charge in [-0.15, -0.1) is 10.2 Å². The minimum atomic E-state index is 0.462. The summed E-state index contributed by atoms with van der Waals surface area (Å²) in [6.07, 6.45) is 8.60. The van der Waals surface area contributed by atoms with Crippen molar-refractivity contribution >= 4 is 16.6 Å². The lowest BCUT2D eigenvalue weighted by Crippen LogP contribution is -2.23. The van der Waals surface area contributed by atoms with Crippen LogP contribution in [0.5, 0.6) is 0 Å². The lowest BCUT2D eigenvalue weighted by Gasteiger charge is -2.23. The van der Waals surface area contributed by atoms with Gasteiger partial charge in [0.05, 0.1) is 0 Å². The molecule has 2 aromatic heterocycles. The first-order valence-electron chi connectivity index (χ1n) is 9.24. The van der Waals surface area contributed by atoms with E-state index in [0.717, 1.165) is 35.3 Å². The number of rotatable bonds is 4. The average molecular weight is 335 g/mol. The fourth-order valence-electron chi connectivity index (χ4n) is 3.65. The fourth-order valence-corrected chi connectivity index (χ4v) is 3.65. The van der Waals surface area contributed by atoms with Crippen molar-refractivity contribution < 1.29 is 4.52 Å². The molecular formula is C19H21N5O. The van der Waals surface area contributed by atoms with E-state index in [0.29, 0.717) is 23.5 Å². The van der Waals surface area contributed by atoms with Gasteiger partial charge in [-0.3, -0.25) is 0 Å². The van der Waals surface area contributed by atoms with Crippen LogP contribution in [0.15, 0.2) is 28.8 Å². The Morgan fingerprint density at radius 3 is 2.52 bits per heavy atom. The first-order valence-corrected chi connectivity index (χ1v) is 9.24. The van der Waals surface area contributed by atoms with Crippen molar-refractivity contribution in [2.45, 2.75) is 56.9 Å². The predicted molar refractivity (Wildman–Crippen MR) is 95.3 cm³/mol. The summed E-state index contributed by atoms with van der Waals surface area (Å²) in [6, 6.07) is 8.66. The van der Waals surface area contributed by atoms with Crippen LogP contribution >= 0.6 is 0 Å². The maximum absolute atomic E-state index is 5.47. The molecule has 25 heavy (non-hydrogen) atoms. The van der Waals surface area contributed by atoms with E-state index in [9.17, 15) is 0 Å². The van der Waals surface area contributed by atoms with E-state index < -0.39 is 0 Å². The molecule has 5 rings (SSSR count). The Balaban J connectivity index is 1.53. The third-order valence-corrected chi connectivity index (χ3v) is 5.22. The molecule has 128 valence electrons. The molecule has 0 atom stereocenters. The molecule has 1 aromatic carbocycles. The first-order chi connectivity index (χ1) is 12.4. The number of nitrogens with one attached hydrogen (secondary N) is 1. The molecule has 2 heterocycles. The van der Waals surface area contributed by atoms with Crippen molar-refractivity contribution in [3.63, 3.8) is 0 Å². The van der Waals surface area contributed by atoms with E-state index in [-0.39, 0.29) is 0 Å². The molecule has 2 saturated carbocycles. The first kappa shape index (κ1) is 14.8. The largest absolute Gasteiger partial charge is 0.365 e. The summed E-state index contributed by atoms with van der Waals surface area (Å²) in [5.74, 6) is 2.58. The highest BCUT2D eigenvalue weighted by Crippen LogP contribution is 2.39. The number of anilines is 1. The van der Waals surface area contributed by atoms with Crippen LogP contribution in [0, 0.1) is 0 Å². The zero-order valence-corrected chi connectivity index (χ0v) is 14.1. The Morgan fingerprint density at radius 2 is 1.72 bits per heavy atom. The zero-order valence-electron chi connectivity index (χ0n) is 14.1. The van der Waals surface area contributed by atoms with Crippen LogP contribution in [0.4, 0.5) is 5.82 Å². The molecule has 0 spiro atoms. The molecular weight excluding hydrogens is 314 g/mol. The van der Waals surface area contributed by atoms with Gasteiger partial charge in [-0.1, -0.05) is 48.7 Å². The van der Waals surface area contributed by atoms with Crippen LogP contribution < -0.4 is 5.32 Å². The predicted octanol–water partition coefficient (Wildman–Crippen LogP) is 4.30. The van der Waals surface area contributed by atoms with Gasteiger partial charge in [0.15, 0.2) is 17.3 Å². The summed E-state index contributed by atoms with van der Waals surface area (Å²) in [6.45, 7) is 0. The minimum Gasteiger partial charge on any atom is -0.365 e. The molecule has 2 fully saturated rings. The number of hydrogen-bond acceptors (Lipinski definition) is 6. The van der Waals surface area contributed by atoms with Crippen molar-refractivity contribution in [2.75, 3.05) is 5.32 Å². The Morgan fingerprint density at radius 1 is 0.920 bits per heavy atom. The van der Waals surface area contributed by atoms with Crippen LogP contribution in [0.1, 0.15) is 56.7 Å². The van der Waals surface area contributed by atoms with Gasteiger partial charge in [-0.2, -0.15) is 4.98 Å². The van der Waals surface area contributed by atoms with E-state index in [2.05, 4.69) is 31.7 Å². The summed E-state index contributed by atoms with van der Waals surface area (Å²) in [5.41, 5.74) is 0.671. The molecule has 0 aliphatic heterocycles. The molecule has 2 aliphatic rings.